The molecule has 0 aromatic heterocycles. The first-order valence-corrected chi connectivity index (χ1v) is 4.90. The van der Waals surface area contributed by atoms with Crippen LogP contribution >= 0.6 is 0 Å². The zero-order valence-electron chi connectivity index (χ0n) is 8.52. The summed E-state index contributed by atoms with van der Waals surface area (Å²) in [7, 11) is 1.69. The van der Waals surface area contributed by atoms with E-state index >= 15 is 0 Å². The Kier molecular flexibility index (Phi) is 3.53. The van der Waals surface area contributed by atoms with Gasteiger partial charge in [-0.3, -0.25) is 0 Å². The second-order valence-electron chi connectivity index (χ2n) is 4.66. The molecule has 0 aliphatic heterocycles. The molecule has 0 radical (unpaired) electrons. The second kappa shape index (κ2) is 4.24. The molecule has 0 aromatic rings. The van der Waals surface area contributed by atoms with Crippen molar-refractivity contribution in [3.05, 3.63) is 0 Å². The summed E-state index contributed by atoms with van der Waals surface area (Å²) < 4.78 is 0. The van der Waals surface area contributed by atoms with Crippen LogP contribution in [-0.4, -0.2) is 13.7 Å². The molecule has 72 valence electrons. The average Bonchev–Trinajstić information content (AvgIpc) is 2.03. The fourth-order valence-corrected chi connectivity index (χ4v) is 1.86. The number of hydrogen-bond acceptors (Lipinski definition) is 2. The third-order valence-electron chi connectivity index (χ3n) is 2.98. The lowest BCUT2D eigenvalue weighted by atomic mass is 9.73. The molecule has 12 heavy (non-hydrogen) atoms. The molecule has 0 atom stereocenters. The first-order valence-electron chi connectivity index (χ1n) is 4.90. The van der Waals surface area contributed by atoms with Crippen LogP contribution in [0.1, 0.15) is 39.5 Å². The van der Waals surface area contributed by atoms with Crippen LogP contribution in [0, 0.1) is 11.3 Å². The Morgan fingerprint density at radius 1 is 1.33 bits per heavy atom. The maximum Gasteiger partial charge on any atom is 0.0572 e. The van der Waals surface area contributed by atoms with Crippen molar-refractivity contribution in [2.24, 2.45) is 11.3 Å². The first kappa shape index (κ1) is 10.0. The summed E-state index contributed by atoms with van der Waals surface area (Å²) in [4.78, 5) is 4.85. The third-order valence-corrected chi connectivity index (χ3v) is 2.98. The molecule has 0 amide bonds. The van der Waals surface area contributed by atoms with Crippen molar-refractivity contribution in [1.82, 2.24) is 5.48 Å². The Morgan fingerprint density at radius 3 is 2.42 bits per heavy atom. The van der Waals surface area contributed by atoms with Crippen LogP contribution in [0.3, 0.4) is 0 Å². The quantitative estimate of drug-likeness (QED) is 0.658. The monoisotopic (exact) mass is 171 g/mol. The van der Waals surface area contributed by atoms with Crippen molar-refractivity contribution in [2.45, 2.75) is 39.5 Å². The molecule has 1 N–H and O–H groups in total. The van der Waals surface area contributed by atoms with Crippen LogP contribution in [0.15, 0.2) is 0 Å². The molecule has 2 nitrogen and oxygen atoms in total. The van der Waals surface area contributed by atoms with E-state index in [9.17, 15) is 0 Å². The SMILES string of the molecule is CONCC1CCC(C)(C)CC1. The van der Waals surface area contributed by atoms with E-state index in [1.165, 1.54) is 25.7 Å². The Morgan fingerprint density at radius 2 is 1.92 bits per heavy atom. The summed E-state index contributed by atoms with van der Waals surface area (Å²) in [5.41, 5.74) is 3.53. The zero-order valence-corrected chi connectivity index (χ0v) is 8.52. The van der Waals surface area contributed by atoms with Crippen molar-refractivity contribution in [3.8, 4) is 0 Å². The molecule has 1 fully saturated rings. The van der Waals surface area contributed by atoms with E-state index in [1.54, 1.807) is 7.11 Å². The maximum atomic E-state index is 4.85. The van der Waals surface area contributed by atoms with Gasteiger partial charge in [0.1, 0.15) is 0 Å². The molecule has 1 aliphatic rings. The largest absolute Gasteiger partial charge is 0.305 e. The van der Waals surface area contributed by atoms with E-state index in [-0.39, 0.29) is 0 Å². The van der Waals surface area contributed by atoms with E-state index in [1.807, 2.05) is 0 Å². The molecule has 0 aromatic carbocycles. The fourth-order valence-electron chi connectivity index (χ4n) is 1.86. The van der Waals surface area contributed by atoms with Gasteiger partial charge >= 0.3 is 0 Å². The van der Waals surface area contributed by atoms with Gasteiger partial charge in [-0.05, 0) is 37.0 Å². The highest BCUT2D eigenvalue weighted by molar-refractivity contribution is 4.78. The maximum absolute atomic E-state index is 4.85. The van der Waals surface area contributed by atoms with Gasteiger partial charge in [-0.25, -0.2) is 5.48 Å². The molecule has 2 heteroatoms. The van der Waals surface area contributed by atoms with Crippen molar-refractivity contribution >= 4 is 0 Å². The van der Waals surface area contributed by atoms with Gasteiger partial charge in [0.15, 0.2) is 0 Å². The van der Waals surface area contributed by atoms with Crippen LogP contribution in [-0.2, 0) is 4.84 Å². The molecule has 0 unspecified atom stereocenters. The second-order valence-corrected chi connectivity index (χ2v) is 4.66. The summed E-state index contributed by atoms with van der Waals surface area (Å²) in [5, 5.41) is 0. The summed E-state index contributed by atoms with van der Waals surface area (Å²) in [6.45, 7) is 5.76. The van der Waals surface area contributed by atoms with Crippen LogP contribution in [0.5, 0.6) is 0 Å². The molecule has 1 aliphatic carbocycles. The number of hydrogen-bond donors (Lipinski definition) is 1. The highest BCUT2D eigenvalue weighted by Gasteiger charge is 2.26. The molecular weight excluding hydrogens is 150 g/mol. The molecule has 1 rings (SSSR count). The van der Waals surface area contributed by atoms with Crippen LogP contribution in [0.2, 0.25) is 0 Å². The Bertz CT molecular complexity index is 124. The number of hydroxylamine groups is 1. The lowest BCUT2D eigenvalue weighted by molar-refractivity contribution is 0.0657. The summed E-state index contributed by atoms with van der Waals surface area (Å²) in [6, 6.07) is 0. The van der Waals surface area contributed by atoms with Gasteiger partial charge in [0.25, 0.3) is 0 Å². The van der Waals surface area contributed by atoms with E-state index in [0.717, 1.165) is 12.5 Å². The Hall–Kier alpha value is -0.0800. The predicted molar refractivity (Wildman–Crippen MR) is 50.8 cm³/mol. The van der Waals surface area contributed by atoms with Crippen LogP contribution in [0.25, 0.3) is 0 Å². The van der Waals surface area contributed by atoms with Crippen molar-refractivity contribution in [1.29, 1.82) is 0 Å². The van der Waals surface area contributed by atoms with Gasteiger partial charge in [-0.2, -0.15) is 0 Å². The molecule has 0 bridgehead atoms. The lowest BCUT2D eigenvalue weighted by Crippen LogP contribution is -2.28. The van der Waals surface area contributed by atoms with Crippen molar-refractivity contribution < 1.29 is 4.84 Å². The van der Waals surface area contributed by atoms with Crippen LogP contribution < -0.4 is 5.48 Å². The Labute approximate surface area is 75.6 Å². The Balaban J connectivity index is 2.18. The van der Waals surface area contributed by atoms with Gasteiger partial charge in [0.05, 0.1) is 7.11 Å². The van der Waals surface area contributed by atoms with E-state index in [4.69, 9.17) is 4.84 Å². The van der Waals surface area contributed by atoms with E-state index in [2.05, 4.69) is 19.3 Å². The van der Waals surface area contributed by atoms with Crippen molar-refractivity contribution in [2.75, 3.05) is 13.7 Å². The zero-order chi connectivity index (χ0) is 9.03. The first-order chi connectivity index (χ1) is 5.64. The van der Waals surface area contributed by atoms with E-state index < -0.39 is 0 Å². The van der Waals surface area contributed by atoms with Gasteiger partial charge in [-0.15, -0.1) is 0 Å². The standard InChI is InChI=1S/C10H21NO/c1-10(2)6-4-9(5-7-10)8-11-12-3/h9,11H,4-8H2,1-3H3. The molecular formula is C10H21NO. The smallest absolute Gasteiger partial charge is 0.0572 e. The summed E-state index contributed by atoms with van der Waals surface area (Å²) >= 11 is 0. The number of nitrogens with one attached hydrogen (secondary N) is 1. The third kappa shape index (κ3) is 3.11. The van der Waals surface area contributed by atoms with Crippen LogP contribution in [0.4, 0.5) is 0 Å². The number of rotatable bonds is 3. The fraction of sp³-hybridized carbons (Fsp3) is 1.00. The topological polar surface area (TPSA) is 21.3 Å². The minimum atomic E-state index is 0.587. The lowest BCUT2D eigenvalue weighted by Gasteiger charge is -2.34. The minimum absolute atomic E-state index is 0.587. The normalized spacial score (nSPS) is 24.2. The highest BCUT2D eigenvalue weighted by Crippen LogP contribution is 2.37. The summed E-state index contributed by atoms with van der Waals surface area (Å²) in [5.74, 6) is 0.831. The molecule has 0 spiro atoms. The predicted octanol–water partition coefficient (Wildman–Crippen LogP) is 2.35. The summed E-state index contributed by atoms with van der Waals surface area (Å²) in [6.07, 6.45) is 5.43. The average molecular weight is 171 g/mol. The van der Waals surface area contributed by atoms with Gasteiger partial charge in [0.2, 0.25) is 0 Å². The van der Waals surface area contributed by atoms with Gasteiger partial charge < -0.3 is 4.84 Å². The highest BCUT2D eigenvalue weighted by atomic mass is 16.6. The van der Waals surface area contributed by atoms with Gasteiger partial charge in [-0.1, -0.05) is 13.8 Å². The van der Waals surface area contributed by atoms with Gasteiger partial charge in [0, 0.05) is 6.54 Å². The van der Waals surface area contributed by atoms with E-state index in [0.29, 0.717) is 5.41 Å². The van der Waals surface area contributed by atoms with Crippen molar-refractivity contribution in [3.63, 3.8) is 0 Å². The molecule has 0 saturated heterocycles. The molecule has 0 heterocycles. The molecule has 1 saturated carbocycles. The minimum Gasteiger partial charge on any atom is -0.305 e.